The first-order valence-electron chi connectivity index (χ1n) is 5.91. The molecule has 16 heavy (non-hydrogen) atoms. The van der Waals surface area contributed by atoms with Crippen molar-refractivity contribution < 1.29 is 4.79 Å². The smallest absolute Gasteiger partial charge is 0.138 e. The van der Waals surface area contributed by atoms with E-state index in [0.717, 1.165) is 19.5 Å². The number of carbonyl (C=O) groups excluding carboxylic acids is 1. The largest absolute Gasteiger partial charge is 0.299 e. The highest BCUT2D eigenvalue weighted by Gasteiger charge is 2.27. The summed E-state index contributed by atoms with van der Waals surface area (Å²) in [6.07, 6.45) is 0.718. The molecule has 1 aliphatic rings. The van der Waals surface area contributed by atoms with Crippen molar-refractivity contribution in [3.8, 4) is 0 Å². The van der Waals surface area contributed by atoms with Gasteiger partial charge in [-0.15, -0.1) is 11.3 Å². The van der Waals surface area contributed by atoms with Gasteiger partial charge in [0.2, 0.25) is 0 Å². The normalized spacial score (nSPS) is 24.7. The third-order valence-corrected chi connectivity index (χ3v) is 4.60. The van der Waals surface area contributed by atoms with Gasteiger partial charge < -0.3 is 0 Å². The minimum atomic E-state index is 0.206. The van der Waals surface area contributed by atoms with Gasteiger partial charge in [0.15, 0.2) is 0 Å². The van der Waals surface area contributed by atoms with E-state index in [9.17, 15) is 4.79 Å². The van der Waals surface area contributed by atoms with E-state index >= 15 is 0 Å². The van der Waals surface area contributed by atoms with Crippen LogP contribution in [0.5, 0.6) is 0 Å². The molecule has 1 aliphatic heterocycles. The Balaban J connectivity index is 2.05. The van der Waals surface area contributed by atoms with Crippen LogP contribution in [-0.4, -0.2) is 23.8 Å². The van der Waals surface area contributed by atoms with E-state index in [1.165, 1.54) is 9.75 Å². The molecule has 1 saturated heterocycles. The van der Waals surface area contributed by atoms with Crippen molar-refractivity contribution in [3.63, 3.8) is 0 Å². The summed E-state index contributed by atoms with van der Waals surface area (Å²) in [6.45, 7) is 8.26. The predicted molar refractivity (Wildman–Crippen MR) is 67.8 cm³/mol. The molecule has 0 bridgehead atoms. The van der Waals surface area contributed by atoms with E-state index in [2.05, 4.69) is 30.9 Å². The lowest BCUT2D eigenvalue weighted by Gasteiger charge is -2.34. The monoisotopic (exact) mass is 237 g/mol. The maximum Gasteiger partial charge on any atom is 0.138 e. The van der Waals surface area contributed by atoms with Crippen LogP contribution >= 0.6 is 11.3 Å². The van der Waals surface area contributed by atoms with Crippen LogP contribution in [0, 0.1) is 12.8 Å². The molecule has 2 heterocycles. The van der Waals surface area contributed by atoms with Crippen LogP contribution < -0.4 is 0 Å². The Morgan fingerprint density at radius 3 is 2.81 bits per heavy atom. The molecule has 2 nitrogen and oxygen atoms in total. The molecule has 0 aliphatic carbocycles. The first-order chi connectivity index (χ1) is 7.58. The molecule has 2 unspecified atom stereocenters. The second-order valence-electron chi connectivity index (χ2n) is 4.74. The number of likely N-dealkylation sites (tertiary alicyclic amines) is 1. The van der Waals surface area contributed by atoms with Gasteiger partial charge in [-0.2, -0.15) is 0 Å². The van der Waals surface area contributed by atoms with Gasteiger partial charge in [0.05, 0.1) is 0 Å². The zero-order valence-corrected chi connectivity index (χ0v) is 11.0. The van der Waals surface area contributed by atoms with Crippen molar-refractivity contribution in [1.82, 2.24) is 4.90 Å². The minimum Gasteiger partial charge on any atom is -0.299 e. The molecule has 88 valence electrons. The Kier molecular flexibility index (Phi) is 3.45. The second kappa shape index (κ2) is 4.68. The summed E-state index contributed by atoms with van der Waals surface area (Å²) in [5.41, 5.74) is 0. The van der Waals surface area contributed by atoms with Crippen molar-refractivity contribution in [2.24, 2.45) is 5.92 Å². The molecule has 0 N–H and O–H groups in total. The summed E-state index contributed by atoms with van der Waals surface area (Å²) < 4.78 is 0. The van der Waals surface area contributed by atoms with Crippen molar-refractivity contribution in [2.45, 2.75) is 33.2 Å². The summed E-state index contributed by atoms with van der Waals surface area (Å²) in [5, 5.41) is 0. The second-order valence-corrected chi connectivity index (χ2v) is 6.06. The lowest BCUT2D eigenvalue weighted by Crippen LogP contribution is -2.40. The first kappa shape index (κ1) is 11.8. The van der Waals surface area contributed by atoms with Crippen LogP contribution in [0.2, 0.25) is 0 Å². The number of hydrogen-bond donors (Lipinski definition) is 0. The van der Waals surface area contributed by atoms with E-state index in [-0.39, 0.29) is 5.92 Å². The minimum absolute atomic E-state index is 0.206. The standard InChI is InChI=1S/C13H19NOS/c1-9-8-14(7-6-12(9)15)11(3)13-5-4-10(2)16-13/h4-5,9,11H,6-8H2,1-3H3. The number of Topliss-reactive ketones (excluding diaryl/α,β-unsaturated/α-hetero) is 1. The van der Waals surface area contributed by atoms with Crippen molar-refractivity contribution >= 4 is 17.1 Å². The van der Waals surface area contributed by atoms with E-state index in [1.54, 1.807) is 0 Å². The molecule has 0 spiro atoms. The number of nitrogens with zero attached hydrogens (tertiary/aromatic N) is 1. The zero-order valence-electron chi connectivity index (χ0n) is 10.2. The molecule has 1 fully saturated rings. The lowest BCUT2D eigenvalue weighted by atomic mass is 9.97. The number of hydrogen-bond acceptors (Lipinski definition) is 3. The highest BCUT2D eigenvalue weighted by atomic mass is 32.1. The molecular weight excluding hydrogens is 218 g/mol. The SMILES string of the molecule is Cc1ccc(C(C)N2CCC(=O)C(C)C2)s1. The Labute approximate surface area is 101 Å². The molecule has 0 radical (unpaired) electrons. The molecule has 0 aromatic carbocycles. The van der Waals surface area contributed by atoms with Crippen molar-refractivity contribution in [3.05, 3.63) is 21.9 Å². The van der Waals surface area contributed by atoms with E-state index < -0.39 is 0 Å². The fourth-order valence-corrected chi connectivity index (χ4v) is 3.22. The predicted octanol–water partition coefficient (Wildman–Crippen LogP) is 3.03. The van der Waals surface area contributed by atoms with Gasteiger partial charge >= 0.3 is 0 Å². The summed E-state index contributed by atoms with van der Waals surface area (Å²) in [5.74, 6) is 0.628. The van der Waals surface area contributed by atoms with Gasteiger partial charge in [-0.3, -0.25) is 9.69 Å². The quantitative estimate of drug-likeness (QED) is 0.788. The zero-order chi connectivity index (χ0) is 11.7. The average Bonchev–Trinajstić information content (AvgIpc) is 2.68. The number of aryl methyl sites for hydroxylation is 1. The van der Waals surface area contributed by atoms with Crippen LogP contribution in [0.15, 0.2) is 12.1 Å². The van der Waals surface area contributed by atoms with Gasteiger partial charge in [-0.05, 0) is 26.0 Å². The topological polar surface area (TPSA) is 20.3 Å². The average molecular weight is 237 g/mol. The molecule has 1 aromatic rings. The van der Waals surface area contributed by atoms with Crippen LogP contribution in [0.25, 0.3) is 0 Å². The number of rotatable bonds is 2. The van der Waals surface area contributed by atoms with Gasteiger partial charge in [0.1, 0.15) is 5.78 Å². The van der Waals surface area contributed by atoms with Crippen LogP contribution in [0.3, 0.4) is 0 Å². The Bertz CT molecular complexity index is 385. The fourth-order valence-electron chi connectivity index (χ4n) is 2.25. The van der Waals surface area contributed by atoms with Crippen LogP contribution in [-0.2, 0) is 4.79 Å². The van der Waals surface area contributed by atoms with Gasteiger partial charge in [0.25, 0.3) is 0 Å². The van der Waals surface area contributed by atoms with Crippen molar-refractivity contribution in [2.75, 3.05) is 13.1 Å². The maximum absolute atomic E-state index is 11.5. The van der Waals surface area contributed by atoms with E-state index in [1.807, 2.05) is 18.3 Å². The maximum atomic E-state index is 11.5. The molecule has 3 heteroatoms. The summed E-state index contributed by atoms with van der Waals surface area (Å²) in [7, 11) is 0. The molecule has 2 atom stereocenters. The van der Waals surface area contributed by atoms with E-state index in [4.69, 9.17) is 0 Å². The first-order valence-corrected chi connectivity index (χ1v) is 6.72. The van der Waals surface area contributed by atoms with Crippen molar-refractivity contribution in [1.29, 1.82) is 0 Å². The molecule has 1 aromatic heterocycles. The van der Waals surface area contributed by atoms with Gasteiger partial charge in [0, 0.05) is 41.2 Å². The highest BCUT2D eigenvalue weighted by Crippen LogP contribution is 2.29. The van der Waals surface area contributed by atoms with Gasteiger partial charge in [-0.25, -0.2) is 0 Å². The number of carbonyl (C=O) groups is 1. The third kappa shape index (κ3) is 2.36. The Morgan fingerprint density at radius 2 is 2.25 bits per heavy atom. The summed E-state index contributed by atoms with van der Waals surface area (Å²) >= 11 is 1.86. The number of piperidine rings is 1. The van der Waals surface area contributed by atoms with Crippen LogP contribution in [0.4, 0.5) is 0 Å². The molecule has 2 rings (SSSR count). The summed E-state index contributed by atoms with van der Waals surface area (Å²) in [4.78, 5) is 16.7. The molecule has 0 saturated carbocycles. The van der Waals surface area contributed by atoms with Crippen LogP contribution in [0.1, 0.15) is 36.1 Å². The molecular formula is C13H19NOS. The lowest BCUT2D eigenvalue weighted by molar-refractivity contribution is -0.126. The number of ketones is 1. The fraction of sp³-hybridized carbons (Fsp3) is 0.615. The van der Waals surface area contributed by atoms with Gasteiger partial charge in [-0.1, -0.05) is 6.92 Å². The third-order valence-electron chi connectivity index (χ3n) is 3.42. The Morgan fingerprint density at radius 1 is 1.50 bits per heavy atom. The van der Waals surface area contributed by atoms with E-state index in [0.29, 0.717) is 11.8 Å². The summed E-state index contributed by atoms with van der Waals surface area (Å²) in [6, 6.07) is 4.84. The Hall–Kier alpha value is -0.670. The highest BCUT2D eigenvalue weighted by molar-refractivity contribution is 7.12. The molecule has 0 amide bonds. The number of thiophene rings is 1.